The van der Waals surface area contributed by atoms with Crippen molar-refractivity contribution < 1.29 is 9.53 Å². The number of aryl methyl sites for hydroxylation is 2. The van der Waals surface area contributed by atoms with Gasteiger partial charge in [0.2, 0.25) is 0 Å². The third-order valence-electron chi connectivity index (χ3n) is 2.60. The number of rotatable bonds is 4. The van der Waals surface area contributed by atoms with Crippen LogP contribution in [0, 0.1) is 25.2 Å². The van der Waals surface area contributed by atoms with Gasteiger partial charge in [-0.15, -0.1) is 0 Å². The van der Waals surface area contributed by atoms with E-state index in [1.165, 1.54) is 0 Å². The molecule has 0 aliphatic rings. The van der Waals surface area contributed by atoms with Gasteiger partial charge in [0, 0.05) is 0 Å². The second kappa shape index (κ2) is 6.61. The van der Waals surface area contributed by atoms with Crippen LogP contribution in [0.3, 0.4) is 0 Å². The zero-order chi connectivity index (χ0) is 13.5. The average molecular weight is 243 g/mol. The number of esters is 1. The highest BCUT2D eigenvalue weighted by atomic mass is 16.5. The molecule has 0 heterocycles. The van der Waals surface area contributed by atoms with E-state index in [1.54, 1.807) is 13.0 Å². The minimum atomic E-state index is -0.224. The van der Waals surface area contributed by atoms with Crippen LogP contribution in [0.4, 0.5) is 0 Å². The standard InChI is InChI=1S/C15H17NO2/c1-4-18-15(17)7-5-6-14-11(2)8-13(10-16)9-12(14)3/h5-6,8-9H,4,7H2,1-3H3. The van der Waals surface area contributed by atoms with Crippen LogP contribution >= 0.6 is 0 Å². The Balaban J connectivity index is 2.82. The Hall–Kier alpha value is -2.08. The summed E-state index contributed by atoms with van der Waals surface area (Å²) in [5.41, 5.74) is 3.78. The molecule has 0 unspecified atom stereocenters. The molecule has 0 aliphatic heterocycles. The molecule has 0 aromatic heterocycles. The average Bonchev–Trinajstić information content (AvgIpc) is 2.32. The topological polar surface area (TPSA) is 50.1 Å². The van der Waals surface area contributed by atoms with Crippen LogP contribution in [0.15, 0.2) is 18.2 Å². The Labute approximate surface area is 108 Å². The Kier molecular flexibility index (Phi) is 5.13. The van der Waals surface area contributed by atoms with Gasteiger partial charge in [-0.05, 0) is 49.6 Å². The van der Waals surface area contributed by atoms with Crippen LogP contribution in [-0.2, 0) is 9.53 Å². The molecule has 0 bridgehead atoms. The summed E-state index contributed by atoms with van der Waals surface area (Å²) < 4.78 is 4.84. The number of hydrogen-bond donors (Lipinski definition) is 0. The summed E-state index contributed by atoms with van der Waals surface area (Å²) in [6.07, 6.45) is 3.97. The number of nitriles is 1. The zero-order valence-electron chi connectivity index (χ0n) is 11.0. The molecule has 3 nitrogen and oxygen atoms in total. The van der Waals surface area contributed by atoms with Crippen molar-refractivity contribution in [3.8, 4) is 6.07 Å². The SMILES string of the molecule is CCOC(=O)CC=Cc1c(C)cc(C#N)cc1C. The second-order valence-electron chi connectivity index (χ2n) is 4.05. The molecule has 94 valence electrons. The van der Waals surface area contributed by atoms with E-state index < -0.39 is 0 Å². The first-order valence-corrected chi connectivity index (χ1v) is 5.92. The summed E-state index contributed by atoms with van der Waals surface area (Å²) in [7, 11) is 0. The first-order chi connectivity index (χ1) is 8.58. The van der Waals surface area contributed by atoms with Gasteiger partial charge < -0.3 is 4.74 Å². The summed E-state index contributed by atoms with van der Waals surface area (Å²) in [6, 6.07) is 5.82. The van der Waals surface area contributed by atoms with Crippen LogP contribution < -0.4 is 0 Å². The van der Waals surface area contributed by atoms with Crippen LogP contribution in [-0.4, -0.2) is 12.6 Å². The molecule has 0 fully saturated rings. The quantitative estimate of drug-likeness (QED) is 0.763. The number of ether oxygens (including phenoxy) is 1. The van der Waals surface area contributed by atoms with Crippen molar-refractivity contribution >= 4 is 12.0 Å². The van der Waals surface area contributed by atoms with Crippen molar-refractivity contribution in [2.45, 2.75) is 27.2 Å². The van der Waals surface area contributed by atoms with Crippen LogP contribution in [0.5, 0.6) is 0 Å². The van der Waals surface area contributed by atoms with Gasteiger partial charge in [-0.2, -0.15) is 5.26 Å². The molecular formula is C15H17NO2. The second-order valence-corrected chi connectivity index (χ2v) is 4.05. The monoisotopic (exact) mass is 243 g/mol. The highest BCUT2D eigenvalue weighted by molar-refractivity contribution is 5.73. The highest BCUT2D eigenvalue weighted by Gasteiger charge is 2.03. The highest BCUT2D eigenvalue weighted by Crippen LogP contribution is 2.18. The molecule has 1 aromatic rings. The smallest absolute Gasteiger partial charge is 0.309 e. The minimum absolute atomic E-state index is 0.224. The van der Waals surface area contributed by atoms with E-state index in [0.29, 0.717) is 12.2 Å². The summed E-state index contributed by atoms with van der Waals surface area (Å²) in [4.78, 5) is 11.2. The Morgan fingerprint density at radius 1 is 1.39 bits per heavy atom. The molecule has 0 spiro atoms. The lowest BCUT2D eigenvalue weighted by Crippen LogP contribution is -2.01. The lowest BCUT2D eigenvalue weighted by Gasteiger charge is -2.06. The summed E-state index contributed by atoms with van der Waals surface area (Å²) in [6.45, 7) is 6.11. The van der Waals surface area contributed by atoms with E-state index in [2.05, 4.69) is 6.07 Å². The fourth-order valence-corrected chi connectivity index (χ4v) is 1.80. The summed E-state index contributed by atoms with van der Waals surface area (Å²) >= 11 is 0. The molecule has 0 radical (unpaired) electrons. The normalized spacial score (nSPS) is 10.3. The molecular weight excluding hydrogens is 226 g/mol. The molecule has 3 heteroatoms. The van der Waals surface area contributed by atoms with Gasteiger partial charge in [-0.25, -0.2) is 0 Å². The van der Waals surface area contributed by atoms with Gasteiger partial charge in [-0.3, -0.25) is 4.79 Å². The lowest BCUT2D eigenvalue weighted by atomic mass is 9.99. The van der Waals surface area contributed by atoms with Gasteiger partial charge in [-0.1, -0.05) is 12.2 Å². The van der Waals surface area contributed by atoms with Crippen LogP contribution in [0.2, 0.25) is 0 Å². The van der Waals surface area contributed by atoms with Crippen molar-refractivity contribution in [2.75, 3.05) is 6.61 Å². The van der Waals surface area contributed by atoms with E-state index in [9.17, 15) is 4.79 Å². The Morgan fingerprint density at radius 2 is 2.00 bits per heavy atom. The first-order valence-electron chi connectivity index (χ1n) is 5.92. The minimum Gasteiger partial charge on any atom is -0.466 e. The van der Waals surface area contributed by atoms with Crippen molar-refractivity contribution in [1.29, 1.82) is 5.26 Å². The number of carbonyl (C=O) groups excluding carboxylic acids is 1. The maximum absolute atomic E-state index is 11.2. The van der Waals surface area contributed by atoms with Crippen LogP contribution in [0.25, 0.3) is 6.08 Å². The predicted octanol–water partition coefficient (Wildman–Crippen LogP) is 3.14. The number of nitrogens with zero attached hydrogens (tertiary/aromatic N) is 1. The Morgan fingerprint density at radius 3 is 2.50 bits per heavy atom. The molecule has 0 amide bonds. The van der Waals surface area contributed by atoms with Gasteiger partial charge in [0.1, 0.15) is 0 Å². The maximum atomic E-state index is 11.2. The predicted molar refractivity (Wildman–Crippen MR) is 70.9 cm³/mol. The van der Waals surface area contributed by atoms with E-state index in [-0.39, 0.29) is 12.4 Å². The maximum Gasteiger partial charge on any atom is 0.309 e. The fourth-order valence-electron chi connectivity index (χ4n) is 1.80. The largest absolute Gasteiger partial charge is 0.466 e. The fraction of sp³-hybridized carbons (Fsp3) is 0.333. The van der Waals surface area contributed by atoms with Crippen molar-refractivity contribution in [1.82, 2.24) is 0 Å². The zero-order valence-corrected chi connectivity index (χ0v) is 11.0. The van der Waals surface area contributed by atoms with E-state index in [1.807, 2.05) is 32.1 Å². The lowest BCUT2D eigenvalue weighted by molar-refractivity contribution is -0.142. The first kappa shape index (κ1) is 14.0. The molecule has 1 rings (SSSR count). The summed E-state index contributed by atoms with van der Waals surface area (Å²) in [5.74, 6) is -0.224. The molecule has 1 aromatic carbocycles. The number of hydrogen-bond acceptors (Lipinski definition) is 3. The van der Waals surface area contributed by atoms with Gasteiger partial charge >= 0.3 is 5.97 Å². The van der Waals surface area contributed by atoms with E-state index in [0.717, 1.165) is 16.7 Å². The molecule has 0 N–H and O–H groups in total. The van der Waals surface area contributed by atoms with Crippen molar-refractivity contribution in [2.24, 2.45) is 0 Å². The number of carbonyl (C=O) groups is 1. The van der Waals surface area contributed by atoms with E-state index >= 15 is 0 Å². The van der Waals surface area contributed by atoms with E-state index in [4.69, 9.17) is 10.00 Å². The van der Waals surface area contributed by atoms with Crippen molar-refractivity contribution in [3.05, 3.63) is 40.5 Å². The third-order valence-corrected chi connectivity index (χ3v) is 2.60. The van der Waals surface area contributed by atoms with Gasteiger partial charge in [0.15, 0.2) is 0 Å². The van der Waals surface area contributed by atoms with Crippen molar-refractivity contribution in [3.63, 3.8) is 0 Å². The van der Waals surface area contributed by atoms with Crippen LogP contribution in [0.1, 0.15) is 35.6 Å². The summed E-state index contributed by atoms with van der Waals surface area (Å²) in [5, 5.41) is 8.86. The molecule has 0 aliphatic carbocycles. The molecule has 0 saturated carbocycles. The molecule has 0 atom stereocenters. The number of benzene rings is 1. The molecule has 18 heavy (non-hydrogen) atoms. The van der Waals surface area contributed by atoms with Gasteiger partial charge in [0.05, 0.1) is 24.7 Å². The third kappa shape index (κ3) is 3.74. The van der Waals surface area contributed by atoms with Gasteiger partial charge in [0.25, 0.3) is 0 Å². The molecule has 0 saturated heterocycles. The Bertz CT molecular complexity index is 487.